The molecular weight excluding hydrogens is 594 g/mol. The summed E-state index contributed by atoms with van der Waals surface area (Å²) in [4.78, 5) is 12.4. The van der Waals surface area contributed by atoms with Gasteiger partial charge in [-0.2, -0.15) is 0 Å². The molecule has 0 aromatic rings. The second-order valence-corrected chi connectivity index (χ2v) is 14.2. The number of allylic oxidation sites excluding steroid dienone is 5. The van der Waals surface area contributed by atoms with Crippen LogP contribution in [0.2, 0.25) is 0 Å². The molecule has 4 N–H and O–H groups in total. The van der Waals surface area contributed by atoms with Crippen molar-refractivity contribution in [3.63, 3.8) is 0 Å². The maximum Gasteiger partial charge on any atom is 0.222 e. The molecule has 0 saturated carbocycles. The Morgan fingerprint density at radius 3 is 1.31 bits per heavy atom. The first-order chi connectivity index (χ1) is 23.5. The second kappa shape index (κ2) is 38.4. The number of nitrogens with one attached hydrogen (secondary N) is 1. The van der Waals surface area contributed by atoms with Crippen LogP contribution in [0.3, 0.4) is 0 Å². The summed E-state index contributed by atoms with van der Waals surface area (Å²) in [7, 11) is 0. The van der Waals surface area contributed by atoms with Crippen LogP contribution >= 0.6 is 0 Å². The molecule has 0 rings (SSSR count). The zero-order chi connectivity index (χ0) is 35.2. The van der Waals surface area contributed by atoms with Crippen LogP contribution in [0.1, 0.15) is 206 Å². The Bertz CT molecular complexity index is 749. The fourth-order valence-electron chi connectivity index (χ4n) is 6.18. The summed E-state index contributed by atoms with van der Waals surface area (Å²) in [6, 6.07) is -0.763. The third-order valence-electron chi connectivity index (χ3n) is 9.41. The van der Waals surface area contributed by atoms with Crippen molar-refractivity contribution in [2.45, 2.75) is 225 Å². The van der Waals surface area contributed by atoms with Gasteiger partial charge in [-0.25, -0.2) is 0 Å². The molecule has 0 saturated heterocycles. The summed E-state index contributed by atoms with van der Waals surface area (Å²) >= 11 is 0. The lowest BCUT2D eigenvalue weighted by molar-refractivity contribution is -0.124. The maximum absolute atomic E-state index is 12.4. The van der Waals surface area contributed by atoms with Crippen LogP contribution in [0.15, 0.2) is 36.5 Å². The minimum atomic E-state index is -0.956. The third-order valence-corrected chi connectivity index (χ3v) is 9.41. The highest BCUT2D eigenvalue weighted by molar-refractivity contribution is 5.76. The number of amides is 1. The lowest BCUT2D eigenvalue weighted by atomic mass is 10.0. The van der Waals surface area contributed by atoms with Crippen molar-refractivity contribution >= 4 is 5.91 Å². The molecule has 0 fully saturated rings. The van der Waals surface area contributed by atoms with E-state index < -0.39 is 18.2 Å². The van der Waals surface area contributed by atoms with Crippen molar-refractivity contribution in [3.8, 4) is 0 Å². The molecule has 0 radical (unpaired) electrons. The van der Waals surface area contributed by atoms with Gasteiger partial charge in [-0.3, -0.25) is 4.79 Å². The van der Waals surface area contributed by atoms with Crippen LogP contribution < -0.4 is 5.32 Å². The van der Waals surface area contributed by atoms with Gasteiger partial charge in [-0.05, 0) is 38.5 Å². The summed E-state index contributed by atoms with van der Waals surface area (Å²) in [5.74, 6) is -0.329. The van der Waals surface area contributed by atoms with Crippen LogP contribution in [-0.4, -0.2) is 46.1 Å². The number of aliphatic hydroxyl groups is 3. The number of hydrogen-bond acceptors (Lipinski definition) is 4. The molecule has 282 valence electrons. The van der Waals surface area contributed by atoms with Crippen LogP contribution in [0.5, 0.6) is 0 Å². The number of aliphatic hydroxyl groups excluding tert-OH is 3. The maximum atomic E-state index is 12.4. The van der Waals surface area contributed by atoms with Crippen molar-refractivity contribution in [1.29, 1.82) is 0 Å². The average molecular weight is 676 g/mol. The van der Waals surface area contributed by atoms with E-state index in [-0.39, 0.29) is 18.9 Å². The topological polar surface area (TPSA) is 89.8 Å². The summed E-state index contributed by atoms with van der Waals surface area (Å²) in [6.45, 7) is 4.15. The Morgan fingerprint density at radius 2 is 0.896 bits per heavy atom. The third kappa shape index (κ3) is 34.4. The molecule has 0 aromatic carbocycles. The van der Waals surface area contributed by atoms with Gasteiger partial charge < -0.3 is 20.6 Å². The molecule has 1 amide bonds. The Kier molecular flexibility index (Phi) is 37.2. The number of carbonyl (C=O) groups excluding carboxylic acids is 1. The van der Waals surface area contributed by atoms with Gasteiger partial charge in [0.1, 0.15) is 0 Å². The van der Waals surface area contributed by atoms with Crippen LogP contribution in [0.25, 0.3) is 0 Å². The van der Waals surface area contributed by atoms with Crippen molar-refractivity contribution in [2.75, 3.05) is 6.61 Å². The van der Waals surface area contributed by atoms with E-state index in [0.717, 1.165) is 38.5 Å². The summed E-state index contributed by atoms with van der Waals surface area (Å²) in [5.41, 5.74) is 0. The van der Waals surface area contributed by atoms with E-state index in [0.29, 0.717) is 6.42 Å². The highest BCUT2D eigenvalue weighted by atomic mass is 16.3. The fourth-order valence-corrected chi connectivity index (χ4v) is 6.18. The molecular formula is C43H81NO4. The Morgan fingerprint density at radius 1 is 0.521 bits per heavy atom. The van der Waals surface area contributed by atoms with Crippen molar-refractivity contribution < 1.29 is 20.1 Å². The van der Waals surface area contributed by atoms with Gasteiger partial charge >= 0.3 is 0 Å². The molecule has 0 spiro atoms. The average Bonchev–Trinajstić information content (AvgIpc) is 3.08. The van der Waals surface area contributed by atoms with Crippen LogP contribution in [0.4, 0.5) is 0 Å². The molecule has 0 aliphatic carbocycles. The standard InChI is InChI=1S/C43H81NO4/c1-3-5-7-9-11-13-15-17-18-19-20-21-22-23-24-25-26-28-30-32-34-36-40(46)38-43(48)44-41(39-45)42(47)37-35-33-31-29-27-16-14-12-10-8-6-4-2/h10,12,27,29,35,37,40-42,45-47H,3-9,11,13-26,28,30-34,36,38-39H2,1-2H3,(H,44,48)/b12-10+,29-27+,37-35+. The van der Waals surface area contributed by atoms with Crippen molar-refractivity contribution in [1.82, 2.24) is 5.32 Å². The first-order valence-corrected chi connectivity index (χ1v) is 20.8. The number of rotatable bonds is 37. The zero-order valence-electron chi connectivity index (χ0n) is 31.9. The molecule has 5 nitrogen and oxygen atoms in total. The van der Waals surface area contributed by atoms with E-state index in [1.54, 1.807) is 6.08 Å². The monoisotopic (exact) mass is 676 g/mol. The lowest BCUT2D eigenvalue weighted by Gasteiger charge is -2.21. The van der Waals surface area contributed by atoms with E-state index in [1.165, 1.54) is 141 Å². The van der Waals surface area contributed by atoms with E-state index in [1.807, 2.05) is 6.08 Å². The van der Waals surface area contributed by atoms with Crippen LogP contribution in [0, 0.1) is 0 Å². The SMILES string of the molecule is CCCC/C=C/CC/C=C/CC/C=C/C(O)C(CO)NC(=O)CC(O)CCCCCCCCCCCCCCCCCCCCCCC. The highest BCUT2D eigenvalue weighted by Crippen LogP contribution is 2.16. The van der Waals surface area contributed by atoms with Gasteiger partial charge in [-0.15, -0.1) is 0 Å². The molecule has 48 heavy (non-hydrogen) atoms. The first kappa shape index (κ1) is 46.6. The molecule has 3 unspecified atom stereocenters. The normalized spacial score (nSPS) is 14.0. The van der Waals surface area contributed by atoms with Crippen LogP contribution in [-0.2, 0) is 4.79 Å². The molecule has 0 bridgehead atoms. The number of unbranched alkanes of at least 4 members (excludes halogenated alkanes) is 24. The Balaban J connectivity index is 3.66. The van der Waals surface area contributed by atoms with Crippen molar-refractivity contribution in [2.24, 2.45) is 0 Å². The van der Waals surface area contributed by atoms with Gasteiger partial charge in [0.2, 0.25) is 5.91 Å². The fraction of sp³-hybridized carbons (Fsp3) is 0.837. The Hall–Kier alpha value is -1.43. The van der Waals surface area contributed by atoms with Gasteiger partial charge in [0.25, 0.3) is 0 Å². The van der Waals surface area contributed by atoms with Gasteiger partial charge in [0.15, 0.2) is 0 Å². The molecule has 0 heterocycles. The Labute approximate surface area is 298 Å². The van der Waals surface area contributed by atoms with E-state index in [4.69, 9.17) is 0 Å². The molecule has 3 atom stereocenters. The summed E-state index contributed by atoms with van der Waals surface area (Å²) < 4.78 is 0. The minimum Gasteiger partial charge on any atom is -0.394 e. The highest BCUT2D eigenvalue weighted by Gasteiger charge is 2.20. The minimum absolute atomic E-state index is 0.00468. The number of hydrogen-bond donors (Lipinski definition) is 4. The molecule has 0 aromatic heterocycles. The smallest absolute Gasteiger partial charge is 0.222 e. The predicted octanol–water partition coefficient (Wildman–Crippen LogP) is 11.6. The van der Waals surface area contributed by atoms with Gasteiger partial charge in [0, 0.05) is 0 Å². The molecule has 5 heteroatoms. The summed E-state index contributed by atoms with van der Waals surface area (Å²) in [6.07, 6.45) is 47.2. The first-order valence-electron chi connectivity index (χ1n) is 20.8. The van der Waals surface area contributed by atoms with E-state index >= 15 is 0 Å². The zero-order valence-corrected chi connectivity index (χ0v) is 31.9. The number of carbonyl (C=O) groups is 1. The largest absolute Gasteiger partial charge is 0.394 e. The summed E-state index contributed by atoms with van der Waals surface area (Å²) in [5, 5.41) is 33.1. The second-order valence-electron chi connectivity index (χ2n) is 14.2. The molecule has 0 aliphatic rings. The van der Waals surface area contributed by atoms with Crippen molar-refractivity contribution in [3.05, 3.63) is 36.5 Å². The molecule has 0 aliphatic heterocycles. The van der Waals surface area contributed by atoms with Gasteiger partial charge in [-0.1, -0.05) is 198 Å². The van der Waals surface area contributed by atoms with E-state index in [2.05, 4.69) is 43.5 Å². The predicted molar refractivity (Wildman–Crippen MR) is 208 cm³/mol. The lowest BCUT2D eigenvalue weighted by Crippen LogP contribution is -2.45. The quantitative estimate of drug-likeness (QED) is 0.0390. The van der Waals surface area contributed by atoms with E-state index in [9.17, 15) is 20.1 Å². The van der Waals surface area contributed by atoms with Gasteiger partial charge in [0.05, 0.1) is 31.3 Å².